The molecule has 1 saturated carbocycles. The zero-order chi connectivity index (χ0) is 63.9. The number of carbonyl (C=O) groups is 1. The monoisotopic (exact) mass is 1430 g/mol. The number of rotatable bonds is 20. The standard InChI is InChI=1S/C32H37FN8O4.C24H27FN6O3.C8H11BrN2O.CH3.Pd/c1-20(42)7-5-12-40-19-23(17-35-40)39-11-6-8-22(18-39)30-37-31-25-14-26(33)29(45-4)15-27(25)36-32(41(31)38-30)34-16-21-9-10-24(43-2)13-28(21)44-3;1-32-16-7-6-14(20(9-16)33-2)13-27-24-28-19-11-21(34-3)18(25)10-17(19)23-29-22(30-31(23)24)15-5-4-8-26-12-15;1-8(12)3-2-7(8)11-5-6(9)4-10-11;;/h9-10,13-15,17,19,22H,5-8,11-12,16,18H2,1-4H3,(H,34,36);6-7,9-11,15,26H,4-5,8,12-13H2,1-3H3,(H,27,28);4-5,7,12H,2-3H2,1H3;1H3;/q;;;-1;/t22-;15-;;;/m11.../s1. The quantitative estimate of drug-likeness (QED) is 0.0409. The van der Waals surface area contributed by atoms with E-state index in [-0.39, 0.29) is 63.0 Å². The molecule has 2 saturated heterocycles. The number of halogens is 3. The van der Waals surface area contributed by atoms with Crippen LogP contribution in [0.4, 0.5) is 26.4 Å². The van der Waals surface area contributed by atoms with Crippen LogP contribution in [-0.4, -0.2) is 144 Å². The van der Waals surface area contributed by atoms with Crippen LogP contribution >= 0.6 is 15.9 Å². The number of Topliss-reactive ketones (excluding diaryl/α,β-unsaturated/α-hetero) is 1. The average Bonchev–Trinajstić information content (AvgIpc) is 1.75. The number of fused-ring (bicyclic) bond motifs is 6. The molecule has 24 nitrogen and oxygen atoms in total. The fourth-order valence-corrected chi connectivity index (χ4v) is 12.0. The van der Waals surface area contributed by atoms with Gasteiger partial charge in [-0.25, -0.2) is 28.7 Å². The van der Waals surface area contributed by atoms with Crippen LogP contribution in [0, 0.1) is 19.1 Å². The summed E-state index contributed by atoms with van der Waals surface area (Å²) in [5, 5.41) is 39.4. The molecule has 0 radical (unpaired) electrons. The Hall–Kier alpha value is -8.29. The Bertz CT molecular complexity index is 4220. The molecule has 8 heterocycles. The number of aliphatic hydroxyl groups is 1. The minimum absolute atomic E-state index is 0. The second kappa shape index (κ2) is 30.6. The number of aromatic nitrogens is 12. The van der Waals surface area contributed by atoms with Gasteiger partial charge in [-0.1, -0.05) is 0 Å². The Morgan fingerprint density at radius 2 is 1.27 bits per heavy atom. The minimum atomic E-state index is -0.564. The number of benzene rings is 4. The number of methoxy groups -OCH3 is 6. The fourth-order valence-electron chi connectivity index (χ4n) is 11.7. The van der Waals surface area contributed by atoms with Crippen molar-refractivity contribution < 1.29 is 67.5 Å². The molecular weight excluding hydrogens is 1360 g/mol. The van der Waals surface area contributed by atoms with Crippen molar-refractivity contribution in [2.24, 2.45) is 0 Å². The number of nitrogens with one attached hydrogen (secondary N) is 3. The van der Waals surface area contributed by atoms with E-state index in [9.17, 15) is 18.7 Å². The van der Waals surface area contributed by atoms with Crippen LogP contribution < -0.4 is 49.3 Å². The van der Waals surface area contributed by atoms with Crippen molar-refractivity contribution in [2.45, 2.75) is 108 Å². The zero-order valence-electron chi connectivity index (χ0n) is 53.5. The van der Waals surface area contributed by atoms with Gasteiger partial charge in [-0.2, -0.15) is 19.2 Å². The molecular formula is C65H78BrF2N16O8Pd-. The maximum atomic E-state index is 14.9. The van der Waals surface area contributed by atoms with Crippen LogP contribution in [0.5, 0.6) is 34.5 Å². The molecule has 4 atom stereocenters. The number of ketones is 1. The molecule has 1 aliphatic carbocycles. The van der Waals surface area contributed by atoms with Gasteiger partial charge in [0, 0.05) is 137 Å². The van der Waals surface area contributed by atoms with Gasteiger partial charge in [-0.3, -0.25) is 9.36 Å². The molecule has 0 bridgehead atoms. The minimum Gasteiger partial charge on any atom is -0.497 e. The molecule has 3 aliphatic rings. The van der Waals surface area contributed by atoms with Gasteiger partial charge in [-0.05, 0) is 118 Å². The predicted molar refractivity (Wildman–Crippen MR) is 350 cm³/mol. The molecule has 0 spiro atoms. The van der Waals surface area contributed by atoms with E-state index in [1.165, 1.54) is 26.4 Å². The fraction of sp³-hybridized carbons (Fsp3) is 0.415. The Kier molecular flexibility index (Phi) is 22.8. The summed E-state index contributed by atoms with van der Waals surface area (Å²) >= 11 is 3.33. The van der Waals surface area contributed by atoms with Gasteiger partial charge < -0.3 is 66.6 Å². The molecule has 0 amide bonds. The van der Waals surface area contributed by atoms with Crippen LogP contribution in [0.2, 0.25) is 0 Å². The van der Waals surface area contributed by atoms with Crippen molar-refractivity contribution >= 4 is 72.4 Å². The van der Waals surface area contributed by atoms with Gasteiger partial charge >= 0.3 is 0 Å². The van der Waals surface area contributed by atoms with E-state index in [1.807, 2.05) is 71.3 Å². The smallest absolute Gasteiger partial charge is 0.226 e. The Morgan fingerprint density at radius 1 is 0.710 bits per heavy atom. The first kappa shape index (κ1) is 69.1. The van der Waals surface area contributed by atoms with Crippen molar-refractivity contribution in [3.8, 4) is 34.5 Å². The molecule has 2 unspecified atom stereocenters. The Labute approximate surface area is 559 Å². The van der Waals surface area contributed by atoms with Gasteiger partial charge in [-0.15, -0.1) is 10.2 Å². The van der Waals surface area contributed by atoms with E-state index in [2.05, 4.69) is 47.0 Å². The van der Waals surface area contributed by atoms with E-state index in [1.54, 1.807) is 62.7 Å². The first-order valence-electron chi connectivity index (χ1n) is 30.2. The number of hydrogen-bond donors (Lipinski definition) is 4. The molecule has 6 aromatic heterocycles. The van der Waals surface area contributed by atoms with Crippen LogP contribution in [-0.2, 0) is 44.9 Å². The first-order chi connectivity index (χ1) is 44.1. The number of nitrogens with zero attached hydrogens (tertiary/aromatic N) is 13. The Morgan fingerprint density at radius 3 is 1.74 bits per heavy atom. The molecule has 498 valence electrons. The predicted octanol–water partition coefficient (Wildman–Crippen LogP) is 10.7. The van der Waals surface area contributed by atoms with Crippen molar-refractivity contribution in [1.29, 1.82) is 0 Å². The van der Waals surface area contributed by atoms with Crippen LogP contribution in [0.25, 0.3) is 33.1 Å². The van der Waals surface area contributed by atoms with Gasteiger partial charge in [0.05, 0.1) is 87.9 Å². The third-order valence-corrected chi connectivity index (χ3v) is 17.3. The van der Waals surface area contributed by atoms with Gasteiger partial charge in [0.15, 0.2) is 46.1 Å². The number of piperidine rings is 2. The Balaban J connectivity index is 0.000000186. The van der Waals surface area contributed by atoms with Crippen molar-refractivity contribution in [2.75, 3.05) is 84.4 Å². The number of hydrogen-bond acceptors (Lipinski definition) is 20. The van der Waals surface area contributed by atoms with Crippen LogP contribution in [0.15, 0.2) is 89.9 Å². The van der Waals surface area contributed by atoms with Crippen molar-refractivity contribution in [3.63, 3.8) is 0 Å². The zero-order valence-corrected chi connectivity index (χ0v) is 56.6. The van der Waals surface area contributed by atoms with Crippen LogP contribution in [0.3, 0.4) is 0 Å². The normalized spacial score (nSPS) is 17.6. The molecule has 3 fully saturated rings. The second-order valence-corrected chi connectivity index (χ2v) is 23.9. The third-order valence-electron chi connectivity index (χ3n) is 16.9. The number of aryl methyl sites for hydroxylation is 1. The average molecular weight is 1440 g/mol. The molecule has 4 N–H and O–H groups in total. The third kappa shape index (κ3) is 15.5. The van der Waals surface area contributed by atoms with E-state index in [0.29, 0.717) is 99.9 Å². The summed E-state index contributed by atoms with van der Waals surface area (Å²) in [5.41, 5.74) is 4.45. The second-order valence-electron chi connectivity index (χ2n) is 23.0. The summed E-state index contributed by atoms with van der Waals surface area (Å²) in [6.07, 6.45) is 14.7. The van der Waals surface area contributed by atoms with Crippen molar-refractivity contribution in [3.05, 3.63) is 132 Å². The van der Waals surface area contributed by atoms with Gasteiger partial charge in [0.2, 0.25) is 11.9 Å². The van der Waals surface area contributed by atoms with E-state index < -0.39 is 17.2 Å². The van der Waals surface area contributed by atoms with Crippen molar-refractivity contribution in [1.82, 2.24) is 64.0 Å². The molecule has 28 heteroatoms. The van der Waals surface area contributed by atoms with E-state index in [4.69, 9.17) is 58.6 Å². The SMILES string of the molecule is CC1(O)CCC1n1cc(Br)cn1.COc1ccc(CNc2nc3cc(OC)c(F)cc3c3nc([C@@H]4CCCN(c5cnn(CCCC(C)=O)c5)C4)nn23)c(OC)c1.COc1ccc(CNc2nc3cc(OC)c(F)cc3c3nc([C@@H]4CCCNC4)nn23)c(OC)c1.[CH3-].[Pd]. The van der Waals surface area contributed by atoms with Crippen LogP contribution in [0.1, 0.15) is 106 Å². The topological polar surface area (TPSA) is 254 Å². The number of ether oxygens (including phenoxy) is 6. The summed E-state index contributed by atoms with van der Waals surface area (Å²) in [6.45, 7) is 8.41. The summed E-state index contributed by atoms with van der Waals surface area (Å²) < 4.78 is 69.6. The molecule has 4 aromatic carbocycles. The van der Waals surface area contributed by atoms with E-state index in [0.717, 1.165) is 98.2 Å². The van der Waals surface area contributed by atoms with Gasteiger partial charge in [0.25, 0.3) is 0 Å². The molecule has 93 heavy (non-hydrogen) atoms. The molecule has 10 aromatic rings. The summed E-state index contributed by atoms with van der Waals surface area (Å²) in [4.78, 5) is 32.9. The van der Waals surface area contributed by atoms with Gasteiger partial charge in [0.1, 0.15) is 28.8 Å². The number of carbonyl (C=O) groups excluding carboxylic acids is 1. The molecule has 13 rings (SSSR count). The van der Waals surface area contributed by atoms with E-state index >= 15 is 0 Å². The maximum Gasteiger partial charge on any atom is 0.226 e. The summed E-state index contributed by atoms with van der Waals surface area (Å²) in [7, 11) is 9.32. The largest absolute Gasteiger partial charge is 0.497 e. The first-order valence-corrected chi connectivity index (χ1v) is 31.0. The molecule has 2 aliphatic heterocycles. The maximum absolute atomic E-state index is 14.9. The summed E-state index contributed by atoms with van der Waals surface area (Å²) in [6, 6.07) is 17.4. The summed E-state index contributed by atoms with van der Waals surface area (Å²) in [5.74, 6) is 4.82. The number of anilines is 3.